The molecule has 2 saturated heterocycles. The van der Waals surface area contributed by atoms with E-state index in [1.165, 1.54) is 10.6 Å². The van der Waals surface area contributed by atoms with Gasteiger partial charge in [-0.25, -0.2) is 4.39 Å². The van der Waals surface area contributed by atoms with Crippen LogP contribution in [0.1, 0.15) is 10.4 Å². The van der Waals surface area contributed by atoms with Gasteiger partial charge in [-0.3, -0.25) is 9.69 Å². The van der Waals surface area contributed by atoms with Gasteiger partial charge in [0.1, 0.15) is 5.82 Å². The minimum absolute atomic E-state index is 0.118. The summed E-state index contributed by atoms with van der Waals surface area (Å²) in [6.45, 7) is 7.21. The molecule has 5 heterocycles. The van der Waals surface area contributed by atoms with Gasteiger partial charge >= 0.3 is 0 Å². The van der Waals surface area contributed by atoms with Gasteiger partial charge < -0.3 is 30.2 Å². The van der Waals surface area contributed by atoms with Gasteiger partial charge in [0.15, 0.2) is 5.76 Å². The number of hydrogen-bond donors (Lipinski definition) is 2. The maximum atomic E-state index is 15.0. The Kier molecular flexibility index (Phi) is 7.17. The van der Waals surface area contributed by atoms with Crippen molar-refractivity contribution in [1.29, 1.82) is 0 Å². The second-order valence-corrected chi connectivity index (χ2v) is 9.96. The predicted molar refractivity (Wildman–Crippen MR) is 148 cm³/mol. The lowest BCUT2D eigenvalue weighted by atomic mass is 10.1. The van der Waals surface area contributed by atoms with Gasteiger partial charge in [0, 0.05) is 78.1 Å². The maximum Gasteiger partial charge on any atom is 0.259 e. The summed E-state index contributed by atoms with van der Waals surface area (Å²) in [6.07, 6.45) is 1.55. The van der Waals surface area contributed by atoms with Gasteiger partial charge in [-0.05, 0) is 30.3 Å². The second kappa shape index (κ2) is 11.1. The third-order valence-corrected chi connectivity index (χ3v) is 7.37. The van der Waals surface area contributed by atoms with Crippen LogP contribution in [0.25, 0.3) is 17.4 Å². The summed E-state index contributed by atoms with van der Waals surface area (Å²) >= 11 is 0. The lowest BCUT2D eigenvalue weighted by Gasteiger charge is -2.37. The van der Waals surface area contributed by atoms with E-state index >= 15 is 4.39 Å². The number of benzene rings is 1. The lowest BCUT2D eigenvalue weighted by Crippen LogP contribution is -2.48. The number of aromatic nitrogens is 5. The van der Waals surface area contributed by atoms with Crippen molar-refractivity contribution >= 4 is 29.3 Å². The highest BCUT2D eigenvalue weighted by molar-refractivity contribution is 5.94. The van der Waals surface area contributed by atoms with Crippen LogP contribution in [0.3, 0.4) is 0 Å². The number of anilines is 3. The highest BCUT2D eigenvalue weighted by Crippen LogP contribution is 2.23. The molecule has 2 fully saturated rings. The molecule has 210 valence electrons. The maximum absolute atomic E-state index is 15.0. The first kappa shape index (κ1) is 26.0. The Labute approximate surface area is 230 Å². The van der Waals surface area contributed by atoms with Crippen molar-refractivity contribution in [1.82, 2.24) is 39.7 Å². The highest BCUT2D eigenvalue weighted by atomic mass is 19.1. The van der Waals surface area contributed by atoms with Crippen molar-refractivity contribution in [3.8, 4) is 11.6 Å². The molecular weight excluding hydrogens is 517 g/mol. The molecule has 40 heavy (non-hydrogen) atoms. The smallest absolute Gasteiger partial charge is 0.259 e. The standard InChI is InChI=1S/C26H32FN11O2/c1-34(25-31-24(28)38-26(32-25)30-22(33-38)21-3-2-16-40-21)10-11-35-12-14-36(15-13-35)20-5-4-18(17-19(20)27)23(39)37-8-6-29-7-9-37/h2-5,16-17,29H,6-15H2,1H3,(H2,28,30,31,32,33). The molecule has 2 aliphatic rings. The van der Waals surface area contributed by atoms with E-state index < -0.39 is 0 Å². The molecule has 1 amide bonds. The highest BCUT2D eigenvalue weighted by Gasteiger charge is 2.23. The average molecular weight is 550 g/mol. The topological polar surface area (TPSA) is 137 Å². The number of carbonyl (C=O) groups is 1. The number of nitrogens with zero attached hydrogens (tertiary/aromatic N) is 9. The molecular formula is C26H32FN11O2. The second-order valence-electron chi connectivity index (χ2n) is 9.96. The molecule has 3 N–H and O–H groups in total. The van der Waals surface area contributed by atoms with E-state index in [4.69, 9.17) is 10.2 Å². The average Bonchev–Trinajstić information content (AvgIpc) is 3.67. The number of halogens is 1. The molecule has 1 aromatic carbocycles. The van der Waals surface area contributed by atoms with Gasteiger partial charge in [-0.15, -0.1) is 5.10 Å². The van der Waals surface area contributed by atoms with Crippen molar-refractivity contribution in [2.45, 2.75) is 0 Å². The van der Waals surface area contributed by atoms with Crippen molar-refractivity contribution in [2.75, 3.05) is 88.0 Å². The van der Waals surface area contributed by atoms with E-state index in [2.05, 4.69) is 30.3 Å². The van der Waals surface area contributed by atoms with Crippen molar-refractivity contribution in [2.24, 2.45) is 0 Å². The fraction of sp³-hybridized carbons (Fsp3) is 0.423. The van der Waals surface area contributed by atoms with E-state index in [1.54, 1.807) is 35.4 Å². The zero-order chi connectivity index (χ0) is 27.6. The molecule has 0 atom stereocenters. The predicted octanol–water partition coefficient (Wildman–Crippen LogP) is 0.804. The summed E-state index contributed by atoms with van der Waals surface area (Å²) in [5.41, 5.74) is 7.06. The van der Waals surface area contributed by atoms with E-state index in [-0.39, 0.29) is 17.7 Å². The van der Waals surface area contributed by atoms with E-state index in [0.717, 1.165) is 32.7 Å². The number of furan rings is 1. The van der Waals surface area contributed by atoms with Crippen molar-refractivity contribution in [3.05, 3.63) is 48.0 Å². The molecule has 0 saturated carbocycles. The van der Waals surface area contributed by atoms with E-state index in [0.29, 0.717) is 67.3 Å². The molecule has 0 unspecified atom stereocenters. The van der Waals surface area contributed by atoms with Gasteiger partial charge in [0.25, 0.3) is 11.7 Å². The van der Waals surface area contributed by atoms with Crippen molar-refractivity contribution in [3.63, 3.8) is 0 Å². The first-order valence-electron chi connectivity index (χ1n) is 13.4. The largest absolute Gasteiger partial charge is 0.461 e. The van der Waals surface area contributed by atoms with Crippen LogP contribution < -0.4 is 20.9 Å². The zero-order valence-corrected chi connectivity index (χ0v) is 22.3. The number of rotatable bonds is 7. The van der Waals surface area contributed by atoms with Gasteiger partial charge in [0.05, 0.1) is 12.0 Å². The van der Waals surface area contributed by atoms with Crippen LogP contribution >= 0.6 is 0 Å². The molecule has 14 heteroatoms. The summed E-state index contributed by atoms with van der Waals surface area (Å²) in [6, 6.07) is 8.37. The van der Waals surface area contributed by atoms with Crippen molar-refractivity contribution < 1.29 is 13.6 Å². The number of piperazine rings is 2. The number of nitrogens with two attached hydrogens (primary N) is 1. The monoisotopic (exact) mass is 549 g/mol. The number of likely N-dealkylation sites (N-methyl/N-ethyl adjacent to an activating group) is 1. The number of nitrogens with one attached hydrogen (secondary N) is 1. The fourth-order valence-electron chi connectivity index (χ4n) is 5.03. The first-order chi connectivity index (χ1) is 19.5. The van der Waals surface area contributed by atoms with E-state index in [9.17, 15) is 4.79 Å². The van der Waals surface area contributed by atoms with Crippen LogP contribution in [0, 0.1) is 5.82 Å². The van der Waals surface area contributed by atoms with Crippen LogP contribution in [0.5, 0.6) is 0 Å². The van der Waals surface area contributed by atoms with Crippen LogP contribution in [0.15, 0.2) is 41.0 Å². The number of hydrogen-bond acceptors (Lipinski definition) is 11. The molecule has 4 aromatic rings. The van der Waals surface area contributed by atoms with Crippen LogP contribution in [-0.2, 0) is 0 Å². The summed E-state index contributed by atoms with van der Waals surface area (Å²) < 4.78 is 21.8. The summed E-state index contributed by atoms with van der Waals surface area (Å²) in [5.74, 6) is 1.43. The molecule has 0 bridgehead atoms. The Bertz CT molecular complexity index is 1480. The Hall–Kier alpha value is -4.30. The SMILES string of the molecule is CN(CCN1CCN(c2ccc(C(=O)N3CCNCC3)cc2F)CC1)c1nc(N)n2nc(-c3ccco3)nc2n1. The lowest BCUT2D eigenvalue weighted by molar-refractivity contribution is 0.0735. The molecule has 3 aromatic heterocycles. The minimum atomic E-state index is -0.358. The fourth-order valence-corrected chi connectivity index (χ4v) is 5.03. The van der Waals surface area contributed by atoms with Gasteiger partial charge in [0.2, 0.25) is 17.7 Å². The number of carbonyl (C=O) groups excluding carboxylic acids is 1. The summed E-state index contributed by atoms with van der Waals surface area (Å²) in [5, 5.41) is 7.55. The third-order valence-electron chi connectivity index (χ3n) is 7.37. The Balaban J connectivity index is 1.03. The molecule has 0 aliphatic carbocycles. The zero-order valence-electron chi connectivity index (χ0n) is 22.3. The van der Waals surface area contributed by atoms with Crippen LogP contribution in [-0.4, -0.2) is 113 Å². The first-order valence-corrected chi connectivity index (χ1v) is 13.4. The molecule has 2 aliphatic heterocycles. The molecule has 0 radical (unpaired) electrons. The number of amides is 1. The quantitative estimate of drug-likeness (QED) is 0.339. The molecule has 13 nitrogen and oxygen atoms in total. The Morgan fingerprint density at radius 3 is 2.62 bits per heavy atom. The molecule has 0 spiro atoms. The van der Waals surface area contributed by atoms with Crippen LogP contribution in [0.4, 0.5) is 22.0 Å². The summed E-state index contributed by atoms with van der Waals surface area (Å²) in [4.78, 5) is 34.1. The third kappa shape index (κ3) is 5.27. The van der Waals surface area contributed by atoms with Crippen LogP contribution in [0.2, 0.25) is 0 Å². The van der Waals surface area contributed by atoms with E-state index in [1.807, 2.05) is 16.8 Å². The van der Waals surface area contributed by atoms with Gasteiger partial charge in [-0.1, -0.05) is 0 Å². The number of fused-ring (bicyclic) bond motifs is 1. The molecule has 6 rings (SSSR count). The summed E-state index contributed by atoms with van der Waals surface area (Å²) in [7, 11) is 1.91. The number of nitrogen functional groups attached to an aromatic ring is 1. The minimum Gasteiger partial charge on any atom is -0.461 e. The van der Waals surface area contributed by atoms with Gasteiger partial charge in [-0.2, -0.15) is 19.5 Å². The Morgan fingerprint density at radius 1 is 1.10 bits per heavy atom. The normalized spacial score (nSPS) is 16.6. The Morgan fingerprint density at radius 2 is 1.90 bits per heavy atom.